The van der Waals surface area contributed by atoms with E-state index in [-0.39, 0.29) is 5.78 Å². The van der Waals surface area contributed by atoms with E-state index in [0.717, 1.165) is 6.42 Å². The monoisotopic (exact) mass is 186 g/mol. The summed E-state index contributed by atoms with van der Waals surface area (Å²) in [4.78, 5) is 11.2. The molecule has 0 bridgehead atoms. The molecule has 0 aromatic heterocycles. The summed E-state index contributed by atoms with van der Waals surface area (Å²) in [7, 11) is 0. The average Bonchev–Trinajstić information content (AvgIpc) is 2.18. The van der Waals surface area contributed by atoms with Crippen LogP contribution in [-0.4, -0.2) is 5.78 Å². The van der Waals surface area contributed by atoms with E-state index in [2.05, 4.69) is 31.2 Å². The predicted octanol–water partition coefficient (Wildman–Crippen LogP) is 3.00. The van der Waals surface area contributed by atoms with Crippen molar-refractivity contribution in [3.8, 4) is 0 Å². The fourth-order valence-electron chi connectivity index (χ4n) is 1.94. The largest absolute Gasteiger partial charge is 0.295 e. The van der Waals surface area contributed by atoms with Crippen molar-refractivity contribution in [2.75, 3.05) is 0 Å². The number of ketones is 1. The maximum Gasteiger partial charge on any atom is 0.155 e. The topological polar surface area (TPSA) is 17.1 Å². The van der Waals surface area contributed by atoms with Gasteiger partial charge in [-0.2, -0.15) is 0 Å². The highest BCUT2D eigenvalue weighted by Gasteiger charge is 2.16. The number of carbonyl (C=O) groups is 1. The molecular weight excluding hydrogens is 172 g/mol. The molecule has 1 aromatic carbocycles. The lowest BCUT2D eigenvalue weighted by Crippen LogP contribution is -2.08. The Morgan fingerprint density at radius 2 is 2.21 bits per heavy atom. The lowest BCUT2D eigenvalue weighted by molar-refractivity contribution is -0.115. The van der Waals surface area contributed by atoms with Crippen molar-refractivity contribution in [2.45, 2.75) is 25.7 Å². The van der Waals surface area contributed by atoms with E-state index >= 15 is 0 Å². The van der Waals surface area contributed by atoms with Crippen LogP contribution in [0.2, 0.25) is 0 Å². The number of aryl methyl sites for hydroxylation is 1. The number of allylic oxidation sites excluding steroid dienone is 2. The zero-order chi connectivity index (χ0) is 9.97. The summed E-state index contributed by atoms with van der Waals surface area (Å²) in [6, 6.07) is 8.44. The van der Waals surface area contributed by atoms with Crippen molar-refractivity contribution in [1.29, 1.82) is 0 Å². The SMILES string of the molecule is Cc1cccc([C@@H]2CC=CC(=O)C2)c1. The Kier molecular flexibility index (Phi) is 2.49. The third kappa shape index (κ3) is 1.92. The van der Waals surface area contributed by atoms with Gasteiger partial charge in [-0.25, -0.2) is 0 Å². The van der Waals surface area contributed by atoms with Crippen LogP contribution >= 0.6 is 0 Å². The van der Waals surface area contributed by atoms with E-state index in [1.54, 1.807) is 6.08 Å². The second-order valence-electron chi connectivity index (χ2n) is 3.92. The number of carbonyl (C=O) groups excluding carboxylic acids is 1. The van der Waals surface area contributed by atoms with Crippen LogP contribution < -0.4 is 0 Å². The molecule has 0 unspecified atom stereocenters. The molecule has 2 rings (SSSR count). The van der Waals surface area contributed by atoms with Gasteiger partial charge in [0.15, 0.2) is 5.78 Å². The van der Waals surface area contributed by atoms with Crippen molar-refractivity contribution in [2.24, 2.45) is 0 Å². The summed E-state index contributed by atoms with van der Waals surface area (Å²) >= 11 is 0. The number of hydrogen-bond acceptors (Lipinski definition) is 1. The van der Waals surface area contributed by atoms with E-state index in [4.69, 9.17) is 0 Å². The first kappa shape index (κ1) is 9.20. The molecule has 0 N–H and O–H groups in total. The number of hydrogen-bond donors (Lipinski definition) is 0. The molecule has 72 valence electrons. The third-order valence-corrected chi connectivity index (χ3v) is 2.69. The Bertz CT molecular complexity index is 377. The molecule has 0 saturated heterocycles. The van der Waals surface area contributed by atoms with Gasteiger partial charge in [0.2, 0.25) is 0 Å². The van der Waals surface area contributed by atoms with Gasteiger partial charge >= 0.3 is 0 Å². The number of benzene rings is 1. The van der Waals surface area contributed by atoms with Crippen LogP contribution in [0.3, 0.4) is 0 Å². The van der Waals surface area contributed by atoms with E-state index < -0.39 is 0 Å². The first-order chi connectivity index (χ1) is 6.75. The van der Waals surface area contributed by atoms with E-state index in [1.807, 2.05) is 6.08 Å². The summed E-state index contributed by atoms with van der Waals surface area (Å²) in [6.45, 7) is 2.09. The molecule has 1 atom stereocenters. The molecule has 1 aliphatic rings. The lowest BCUT2D eigenvalue weighted by Gasteiger charge is -2.17. The van der Waals surface area contributed by atoms with E-state index in [9.17, 15) is 4.79 Å². The van der Waals surface area contributed by atoms with Crippen LogP contribution in [-0.2, 0) is 4.79 Å². The summed E-state index contributed by atoms with van der Waals surface area (Å²) in [5.74, 6) is 0.648. The van der Waals surface area contributed by atoms with Crippen LogP contribution in [0, 0.1) is 6.92 Å². The van der Waals surface area contributed by atoms with E-state index in [0.29, 0.717) is 12.3 Å². The minimum Gasteiger partial charge on any atom is -0.295 e. The molecule has 14 heavy (non-hydrogen) atoms. The average molecular weight is 186 g/mol. The zero-order valence-electron chi connectivity index (χ0n) is 8.36. The summed E-state index contributed by atoms with van der Waals surface area (Å²) in [5.41, 5.74) is 2.56. The van der Waals surface area contributed by atoms with Gasteiger partial charge < -0.3 is 0 Å². The second-order valence-corrected chi connectivity index (χ2v) is 3.92. The Morgan fingerprint density at radius 1 is 1.36 bits per heavy atom. The standard InChI is InChI=1S/C13H14O/c1-10-4-2-5-11(8-10)12-6-3-7-13(14)9-12/h2-5,7-8,12H,6,9H2,1H3/t12-/m1/s1. The minimum atomic E-state index is 0.253. The zero-order valence-corrected chi connectivity index (χ0v) is 8.36. The van der Waals surface area contributed by atoms with Gasteiger partial charge in [0.1, 0.15) is 0 Å². The molecule has 0 spiro atoms. The smallest absolute Gasteiger partial charge is 0.155 e. The molecular formula is C13H14O. The van der Waals surface area contributed by atoms with Crippen LogP contribution in [0.15, 0.2) is 36.4 Å². The van der Waals surface area contributed by atoms with Gasteiger partial charge in [0.25, 0.3) is 0 Å². The highest BCUT2D eigenvalue weighted by molar-refractivity contribution is 5.91. The molecule has 0 heterocycles. The number of rotatable bonds is 1. The van der Waals surface area contributed by atoms with Gasteiger partial charge in [0, 0.05) is 6.42 Å². The molecule has 0 radical (unpaired) electrons. The highest BCUT2D eigenvalue weighted by Crippen LogP contribution is 2.27. The molecule has 1 aromatic rings. The summed E-state index contributed by atoms with van der Waals surface area (Å²) < 4.78 is 0. The van der Waals surface area contributed by atoms with Crippen LogP contribution in [0.1, 0.15) is 29.9 Å². The first-order valence-corrected chi connectivity index (χ1v) is 5.01. The van der Waals surface area contributed by atoms with Gasteiger partial charge in [-0.05, 0) is 30.9 Å². The molecule has 0 fully saturated rings. The highest BCUT2D eigenvalue weighted by atomic mass is 16.1. The van der Waals surface area contributed by atoms with Gasteiger partial charge in [-0.1, -0.05) is 35.9 Å². The fourth-order valence-corrected chi connectivity index (χ4v) is 1.94. The lowest BCUT2D eigenvalue weighted by atomic mass is 9.87. The second kappa shape index (κ2) is 3.79. The van der Waals surface area contributed by atoms with Crippen LogP contribution in [0.25, 0.3) is 0 Å². The van der Waals surface area contributed by atoms with Crippen molar-refractivity contribution >= 4 is 5.78 Å². The van der Waals surface area contributed by atoms with Crippen LogP contribution in [0.4, 0.5) is 0 Å². The molecule has 0 saturated carbocycles. The summed E-state index contributed by atoms with van der Waals surface area (Å²) in [5, 5.41) is 0. The van der Waals surface area contributed by atoms with Crippen molar-refractivity contribution in [3.05, 3.63) is 47.5 Å². The molecule has 1 heteroatoms. The Labute approximate surface area is 84.5 Å². The molecule has 0 aliphatic heterocycles. The Morgan fingerprint density at radius 3 is 2.93 bits per heavy atom. The quantitative estimate of drug-likeness (QED) is 0.659. The van der Waals surface area contributed by atoms with Gasteiger partial charge in [-0.15, -0.1) is 0 Å². The normalized spacial score (nSPS) is 21.2. The van der Waals surface area contributed by atoms with Crippen molar-refractivity contribution < 1.29 is 4.79 Å². The molecule has 1 nitrogen and oxygen atoms in total. The molecule has 1 aliphatic carbocycles. The fraction of sp³-hybridized carbons (Fsp3) is 0.308. The third-order valence-electron chi connectivity index (χ3n) is 2.69. The van der Waals surface area contributed by atoms with Gasteiger partial charge in [0.05, 0.1) is 0 Å². The van der Waals surface area contributed by atoms with Crippen molar-refractivity contribution in [3.63, 3.8) is 0 Å². The molecule has 0 amide bonds. The summed E-state index contributed by atoms with van der Waals surface area (Å²) in [6.07, 6.45) is 5.35. The van der Waals surface area contributed by atoms with Gasteiger partial charge in [-0.3, -0.25) is 4.79 Å². The maximum absolute atomic E-state index is 11.2. The Hall–Kier alpha value is -1.37. The van der Waals surface area contributed by atoms with Crippen LogP contribution in [0.5, 0.6) is 0 Å². The predicted molar refractivity (Wildman–Crippen MR) is 57.3 cm³/mol. The first-order valence-electron chi connectivity index (χ1n) is 5.01. The maximum atomic E-state index is 11.2. The minimum absolute atomic E-state index is 0.253. The van der Waals surface area contributed by atoms with Crippen molar-refractivity contribution in [1.82, 2.24) is 0 Å². The Balaban J connectivity index is 2.23. The van der Waals surface area contributed by atoms with E-state index in [1.165, 1.54) is 11.1 Å².